The molecule has 0 saturated carbocycles. The Morgan fingerprint density at radius 1 is 0.881 bits per heavy atom. The van der Waals surface area contributed by atoms with Crippen LogP contribution in [0.2, 0.25) is 0 Å². The van der Waals surface area contributed by atoms with Crippen LogP contribution in [-0.4, -0.2) is 71.0 Å². The summed E-state index contributed by atoms with van der Waals surface area (Å²) < 4.78 is 34.2. The first-order valence-corrected chi connectivity index (χ1v) is 16.1. The quantitative estimate of drug-likeness (QED) is 0.431. The van der Waals surface area contributed by atoms with Crippen LogP contribution >= 0.6 is 0 Å². The van der Waals surface area contributed by atoms with E-state index in [1.54, 1.807) is 31.4 Å². The Morgan fingerprint density at radius 3 is 2.17 bits per heavy atom. The van der Waals surface area contributed by atoms with Crippen molar-refractivity contribution >= 4 is 27.3 Å². The summed E-state index contributed by atoms with van der Waals surface area (Å²) in [4.78, 5) is 20.3. The van der Waals surface area contributed by atoms with E-state index in [-0.39, 0.29) is 22.6 Å². The molecular formula is C33H42N4O4S. The monoisotopic (exact) mass is 590 g/mol. The highest BCUT2D eigenvalue weighted by atomic mass is 32.2. The van der Waals surface area contributed by atoms with E-state index in [0.29, 0.717) is 18.8 Å². The van der Waals surface area contributed by atoms with Crippen molar-refractivity contribution in [2.24, 2.45) is 0 Å². The van der Waals surface area contributed by atoms with E-state index in [9.17, 15) is 13.2 Å². The van der Waals surface area contributed by atoms with E-state index in [4.69, 9.17) is 4.74 Å². The Labute approximate surface area is 250 Å². The van der Waals surface area contributed by atoms with Crippen LogP contribution in [0.5, 0.6) is 5.75 Å². The number of hydrogen-bond donors (Lipinski definition) is 1. The number of piperazine rings is 1. The normalized spacial score (nSPS) is 16.2. The molecule has 5 rings (SSSR count). The summed E-state index contributed by atoms with van der Waals surface area (Å²) in [6.07, 6.45) is 1.01. The van der Waals surface area contributed by atoms with Gasteiger partial charge in [-0.15, -0.1) is 0 Å². The highest BCUT2D eigenvalue weighted by molar-refractivity contribution is 7.92. The molecule has 224 valence electrons. The Hall–Kier alpha value is -3.56. The van der Waals surface area contributed by atoms with E-state index in [0.717, 1.165) is 49.5 Å². The number of amides is 1. The van der Waals surface area contributed by atoms with Gasteiger partial charge in [-0.3, -0.25) is 9.52 Å². The predicted molar refractivity (Wildman–Crippen MR) is 168 cm³/mol. The zero-order valence-corrected chi connectivity index (χ0v) is 26.1. The number of carbonyl (C=O) groups is 1. The maximum Gasteiger partial charge on any atom is 0.261 e. The maximum atomic E-state index is 13.4. The fourth-order valence-electron chi connectivity index (χ4n) is 5.70. The van der Waals surface area contributed by atoms with Gasteiger partial charge in [0.15, 0.2) is 0 Å². The molecule has 1 saturated heterocycles. The van der Waals surface area contributed by atoms with Crippen LogP contribution < -0.4 is 14.4 Å². The summed E-state index contributed by atoms with van der Waals surface area (Å²) >= 11 is 0. The first kappa shape index (κ1) is 29.9. The zero-order chi connectivity index (χ0) is 30.1. The highest BCUT2D eigenvalue weighted by Gasteiger charge is 2.28. The van der Waals surface area contributed by atoms with E-state index >= 15 is 0 Å². The van der Waals surface area contributed by atoms with E-state index < -0.39 is 10.0 Å². The molecule has 2 heterocycles. The molecule has 2 aliphatic rings. The molecule has 0 atom stereocenters. The number of methoxy groups -OCH3 is 1. The summed E-state index contributed by atoms with van der Waals surface area (Å²) in [5.74, 6) is 0.943. The van der Waals surface area contributed by atoms with Crippen molar-refractivity contribution in [2.45, 2.75) is 50.5 Å². The van der Waals surface area contributed by atoms with Crippen LogP contribution in [0.3, 0.4) is 0 Å². The molecule has 1 amide bonds. The highest BCUT2D eigenvalue weighted by Crippen LogP contribution is 2.36. The summed E-state index contributed by atoms with van der Waals surface area (Å²) in [5, 5.41) is 0. The largest absolute Gasteiger partial charge is 0.496 e. The molecule has 0 bridgehead atoms. The van der Waals surface area contributed by atoms with Crippen LogP contribution in [0.15, 0.2) is 65.6 Å². The lowest BCUT2D eigenvalue weighted by molar-refractivity contribution is -0.131. The average molecular weight is 591 g/mol. The van der Waals surface area contributed by atoms with Crippen molar-refractivity contribution < 1.29 is 17.9 Å². The molecule has 0 spiro atoms. The minimum absolute atomic E-state index is 0.0552. The second kappa shape index (κ2) is 12.0. The standard InChI is InChI=1S/C33H42N4O4S/c1-33(2,3)25-8-12-27(13-9-25)42(39,40)34-26-10-6-24(7-11-26)22-32(38)37-17-16-28-29(23-37)30(14-15-31(28)41-5)36-20-18-35(4)19-21-36/h6-15,34H,16-23H2,1-5H3. The molecule has 8 nitrogen and oxygen atoms in total. The van der Waals surface area contributed by atoms with Crippen LogP contribution in [0, 0.1) is 0 Å². The van der Waals surface area contributed by atoms with Gasteiger partial charge < -0.3 is 19.4 Å². The summed E-state index contributed by atoms with van der Waals surface area (Å²) in [5.41, 5.74) is 5.89. The number of anilines is 2. The zero-order valence-electron chi connectivity index (χ0n) is 25.3. The van der Waals surface area contributed by atoms with Crippen molar-refractivity contribution in [1.82, 2.24) is 9.80 Å². The van der Waals surface area contributed by atoms with Crippen molar-refractivity contribution in [1.29, 1.82) is 0 Å². The van der Waals surface area contributed by atoms with Gasteiger partial charge in [0.05, 0.1) is 18.4 Å². The fraction of sp³-hybridized carbons (Fsp3) is 0.424. The number of nitrogens with zero attached hydrogens (tertiary/aromatic N) is 3. The van der Waals surface area contributed by atoms with E-state index in [1.165, 1.54) is 16.8 Å². The third kappa shape index (κ3) is 6.57. The lowest BCUT2D eigenvalue weighted by Crippen LogP contribution is -2.45. The smallest absolute Gasteiger partial charge is 0.261 e. The second-order valence-corrected chi connectivity index (χ2v) is 14.0. The van der Waals surface area contributed by atoms with E-state index in [2.05, 4.69) is 54.5 Å². The third-order valence-corrected chi connectivity index (χ3v) is 9.75. The molecule has 2 aliphatic heterocycles. The molecular weight excluding hydrogens is 548 g/mol. The summed E-state index contributed by atoms with van der Waals surface area (Å²) in [7, 11) is 0.129. The SMILES string of the molecule is COc1ccc(N2CCN(C)CC2)c2c1CCN(C(=O)Cc1ccc(NS(=O)(=O)c3ccc(C(C)(C)C)cc3)cc1)C2. The molecule has 1 fully saturated rings. The van der Waals surface area contributed by atoms with Gasteiger partial charge in [-0.2, -0.15) is 0 Å². The van der Waals surface area contributed by atoms with Gasteiger partial charge in [0, 0.05) is 61.8 Å². The number of rotatable bonds is 7. The molecule has 0 unspecified atom stereocenters. The van der Waals surface area contributed by atoms with Crippen LogP contribution in [-0.2, 0) is 39.6 Å². The van der Waals surface area contributed by atoms with Crippen LogP contribution in [0.1, 0.15) is 43.0 Å². The summed E-state index contributed by atoms with van der Waals surface area (Å²) in [6.45, 7) is 11.4. The van der Waals surface area contributed by atoms with Crippen molar-refractivity contribution in [3.8, 4) is 5.75 Å². The maximum absolute atomic E-state index is 13.4. The predicted octanol–water partition coefficient (Wildman–Crippen LogP) is 4.67. The molecule has 0 aliphatic carbocycles. The lowest BCUT2D eigenvalue weighted by Gasteiger charge is -2.38. The number of likely N-dealkylation sites (N-methyl/N-ethyl adjacent to an activating group) is 1. The number of carbonyl (C=O) groups excluding carboxylic acids is 1. The molecule has 3 aromatic rings. The lowest BCUT2D eigenvalue weighted by atomic mass is 9.87. The first-order valence-electron chi connectivity index (χ1n) is 14.6. The number of ether oxygens (including phenoxy) is 1. The van der Waals surface area contributed by atoms with Crippen molar-refractivity contribution in [2.75, 3.05) is 56.5 Å². The van der Waals surface area contributed by atoms with Crippen molar-refractivity contribution in [3.63, 3.8) is 0 Å². The molecule has 9 heteroatoms. The second-order valence-electron chi connectivity index (χ2n) is 12.4. The molecule has 0 radical (unpaired) electrons. The van der Waals surface area contributed by atoms with Crippen LogP contribution in [0.4, 0.5) is 11.4 Å². The number of hydrogen-bond acceptors (Lipinski definition) is 6. The number of sulfonamides is 1. The van der Waals surface area contributed by atoms with Gasteiger partial charge in [-0.25, -0.2) is 8.42 Å². The first-order chi connectivity index (χ1) is 19.9. The van der Waals surface area contributed by atoms with E-state index in [1.807, 2.05) is 29.2 Å². The van der Waals surface area contributed by atoms with Crippen LogP contribution in [0.25, 0.3) is 0 Å². The third-order valence-electron chi connectivity index (χ3n) is 8.35. The topological polar surface area (TPSA) is 82.2 Å². The summed E-state index contributed by atoms with van der Waals surface area (Å²) in [6, 6.07) is 18.2. The number of benzene rings is 3. The van der Waals surface area contributed by atoms with Gasteiger partial charge in [0.25, 0.3) is 10.0 Å². The Bertz CT molecular complexity index is 1520. The average Bonchev–Trinajstić information content (AvgIpc) is 2.97. The Balaban J connectivity index is 1.25. The van der Waals surface area contributed by atoms with Crippen molar-refractivity contribution in [3.05, 3.63) is 82.9 Å². The van der Waals surface area contributed by atoms with Gasteiger partial charge in [-0.05, 0) is 66.4 Å². The minimum atomic E-state index is -3.72. The minimum Gasteiger partial charge on any atom is -0.496 e. The fourth-order valence-corrected chi connectivity index (χ4v) is 6.76. The molecule has 0 aromatic heterocycles. The number of fused-ring (bicyclic) bond motifs is 1. The number of nitrogens with one attached hydrogen (secondary N) is 1. The van der Waals surface area contributed by atoms with Gasteiger partial charge in [0.2, 0.25) is 5.91 Å². The molecule has 42 heavy (non-hydrogen) atoms. The van der Waals surface area contributed by atoms with Gasteiger partial charge >= 0.3 is 0 Å². The Morgan fingerprint density at radius 2 is 1.55 bits per heavy atom. The molecule has 3 aromatic carbocycles. The molecule has 1 N–H and O–H groups in total. The Kier molecular flexibility index (Phi) is 8.53. The van der Waals surface area contributed by atoms with Gasteiger partial charge in [-0.1, -0.05) is 45.0 Å². The van der Waals surface area contributed by atoms with Gasteiger partial charge in [0.1, 0.15) is 5.75 Å².